The minimum atomic E-state index is -0.231. The normalized spacial score (nSPS) is 18.0. The molecule has 1 aromatic heterocycles. The van der Waals surface area contributed by atoms with Gasteiger partial charge in [-0.05, 0) is 42.5 Å². The molecule has 1 aromatic carbocycles. The Morgan fingerprint density at radius 2 is 1.91 bits per heavy atom. The van der Waals surface area contributed by atoms with E-state index in [0.717, 1.165) is 36.9 Å². The molecule has 2 heterocycles. The van der Waals surface area contributed by atoms with E-state index in [4.69, 9.17) is 4.74 Å². The van der Waals surface area contributed by atoms with Crippen LogP contribution in [-0.2, 0) is 11.3 Å². The molecule has 2 aromatic rings. The maximum Gasteiger partial charge on any atom is 0.410 e. The third-order valence-electron chi connectivity index (χ3n) is 4.03. The third kappa shape index (κ3) is 3.45. The van der Waals surface area contributed by atoms with Crippen LogP contribution in [0.1, 0.15) is 36.4 Å². The Balaban J connectivity index is 1.66. The lowest BCUT2D eigenvalue weighted by Crippen LogP contribution is -2.38. The Labute approximate surface area is 130 Å². The number of amides is 1. The molecule has 4 nitrogen and oxygen atoms in total. The highest BCUT2D eigenvalue weighted by Crippen LogP contribution is 2.31. The SMILES string of the molecule is O=C(OCc1ccccc1)N1CCCC[C@H]1c1ccncc1. The summed E-state index contributed by atoms with van der Waals surface area (Å²) in [5.74, 6) is 0. The van der Waals surface area contributed by atoms with Gasteiger partial charge >= 0.3 is 6.09 Å². The van der Waals surface area contributed by atoms with Gasteiger partial charge in [-0.3, -0.25) is 4.98 Å². The first-order chi connectivity index (χ1) is 10.8. The largest absolute Gasteiger partial charge is 0.445 e. The number of carbonyl (C=O) groups is 1. The quantitative estimate of drug-likeness (QED) is 0.861. The van der Waals surface area contributed by atoms with Crippen molar-refractivity contribution in [2.45, 2.75) is 31.9 Å². The summed E-state index contributed by atoms with van der Waals surface area (Å²) in [5.41, 5.74) is 2.14. The van der Waals surface area contributed by atoms with Crippen molar-refractivity contribution in [3.8, 4) is 0 Å². The minimum Gasteiger partial charge on any atom is -0.445 e. The van der Waals surface area contributed by atoms with Crippen LogP contribution in [0.4, 0.5) is 4.79 Å². The van der Waals surface area contributed by atoms with E-state index in [2.05, 4.69) is 4.98 Å². The molecule has 0 radical (unpaired) electrons. The molecule has 0 spiro atoms. The van der Waals surface area contributed by atoms with Crippen LogP contribution >= 0.6 is 0 Å². The number of nitrogens with zero attached hydrogens (tertiary/aromatic N) is 2. The van der Waals surface area contributed by atoms with Gasteiger partial charge in [-0.2, -0.15) is 0 Å². The Morgan fingerprint density at radius 3 is 2.68 bits per heavy atom. The van der Waals surface area contributed by atoms with Crippen molar-refractivity contribution in [1.82, 2.24) is 9.88 Å². The van der Waals surface area contributed by atoms with Gasteiger partial charge in [0, 0.05) is 18.9 Å². The van der Waals surface area contributed by atoms with E-state index in [9.17, 15) is 4.79 Å². The van der Waals surface area contributed by atoms with Gasteiger partial charge in [-0.25, -0.2) is 4.79 Å². The molecule has 1 amide bonds. The molecule has 22 heavy (non-hydrogen) atoms. The fourth-order valence-electron chi connectivity index (χ4n) is 2.88. The molecule has 0 aliphatic carbocycles. The third-order valence-corrected chi connectivity index (χ3v) is 4.03. The zero-order chi connectivity index (χ0) is 15.2. The fraction of sp³-hybridized carbons (Fsp3) is 0.333. The van der Waals surface area contributed by atoms with Crippen molar-refractivity contribution in [2.75, 3.05) is 6.54 Å². The summed E-state index contributed by atoms with van der Waals surface area (Å²) in [6.07, 6.45) is 6.46. The molecule has 0 saturated carbocycles. The molecule has 1 fully saturated rings. The molecule has 1 aliphatic heterocycles. The summed E-state index contributed by atoms with van der Waals surface area (Å²) < 4.78 is 5.49. The Kier molecular flexibility index (Phi) is 4.68. The summed E-state index contributed by atoms with van der Waals surface area (Å²) in [6.45, 7) is 1.07. The maximum absolute atomic E-state index is 12.4. The van der Waals surface area contributed by atoms with Gasteiger partial charge in [0.15, 0.2) is 0 Å². The van der Waals surface area contributed by atoms with Crippen molar-refractivity contribution in [3.05, 3.63) is 66.0 Å². The number of aromatic nitrogens is 1. The molecule has 3 rings (SSSR count). The predicted molar refractivity (Wildman–Crippen MR) is 84.2 cm³/mol. The van der Waals surface area contributed by atoms with Gasteiger partial charge in [0.1, 0.15) is 6.61 Å². The maximum atomic E-state index is 12.4. The zero-order valence-corrected chi connectivity index (χ0v) is 12.5. The van der Waals surface area contributed by atoms with Gasteiger partial charge in [0.25, 0.3) is 0 Å². The highest BCUT2D eigenvalue weighted by molar-refractivity contribution is 5.68. The first-order valence-corrected chi connectivity index (χ1v) is 7.72. The second kappa shape index (κ2) is 7.07. The number of rotatable bonds is 3. The van der Waals surface area contributed by atoms with Crippen LogP contribution in [0, 0.1) is 0 Å². The van der Waals surface area contributed by atoms with Crippen molar-refractivity contribution in [2.24, 2.45) is 0 Å². The Hall–Kier alpha value is -2.36. The average molecular weight is 296 g/mol. The summed E-state index contributed by atoms with van der Waals surface area (Å²) in [5, 5.41) is 0. The standard InChI is InChI=1S/C18H20N2O2/c21-18(22-14-15-6-2-1-3-7-15)20-13-5-4-8-17(20)16-9-11-19-12-10-16/h1-3,6-7,9-12,17H,4-5,8,13-14H2/t17-/m0/s1. The van der Waals surface area contributed by atoms with E-state index in [1.807, 2.05) is 47.4 Å². The molecule has 4 heteroatoms. The van der Waals surface area contributed by atoms with Crippen molar-refractivity contribution < 1.29 is 9.53 Å². The summed E-state index contributed by atoms with van der Waals surface area (Å²) in [7, 11) is 0. The lowest BCUT2D eigenvalue weighted by Gasteiger charge is -2.35. The number of hydrogen-bond acceptors (Lipinski definition) is 3. The van der Waals surface area contributed by atoms with Crippen LogP contribution in [0.15, 0.2) is 54.9 Å². The molecular formula is C18H20N2O2. The molecule has 0 bridgehead atoms. The van der Waals surface area contributed by atoms with Crippen LogP contribution < -0.4 is 0 Å². The van der Waals surface area contributed by atoms with E-state index in [0.29, 0.717) is 6.61 Å². The van der Waals surface area contributed by atoms with Crippen molar-refractivity contribution >= 4 is 6.09 Å². The number of piperidine rings is 1. The van der Waals surface area contributed by atoms with E-state index >= 15 is 0 Å². The monoisotopic (exact) mass is 296 g/mol. The topological polar surface area (TPSA) is 42.4 Å². The molecule has 1 aliphatic rings. The van der Waals surface area contributed by atoms with Gasteiger partial charge in [0.2, 0.25) is 0 Å². The number of ether oxygens (including phenoxy) is 1. The highest BCUT2D eigenvalue weighted by Gasteiger charge is 2.28. The van der Waals surface area contributed by atoms with E-state index in [1.165, 1.54) is 0 Å². The molecule has 1 atom stereocenters. The molecule has 114 valence electrons. The van der Waals surface area contributed by atoms with E-state index in [-0.39, 0.29) is 12.1 Å². The van der Waals surface area contributed by atoms with Gasteiger partial charge < -0.3 is 9.64 Å². The van der Waals surface area contributed by atoms with Gasteiger partial charge in [-0.1, -0.05) is 30.3 Å². The van der Waals surface area contributed by atoms with E-state index < -0.39 is 0 Å². The first-order valence-electron chi connectivity index (χ1n) is 7.72. The van der Waals surface area contributed by atoms with Gasteiger partial charge in [0.05, 0.1) is 6.04 Å². The molecule has 1 saturated heterocycles. The van der Waals surface area contributed by atoms with Gasteiger partial charge in [-0.15, -0.1) is 0 Å². The molecule has 0 N–H and O–H groups in total. The van der Waals surface area contributed by atoms with Crippen LogP contribution in [-0.4, -0.2) is 22.5 Å². The average Bonchev–Trinajstić information content (AvgIpc) is 2.61. The lowest BCUT2D eigenvalue weighted by molar-refractivity contribution is 0.0679. The highest BCUT2D eigenvalue weighted by atomic mass is 16.6. The summed E-state index contributed by atoms with van der Waals surface area (Å²) >= 11 is 0. The number of benzene rings is 1. The van der Waals surface area contributed by atoms with Crippen LogP contribution in [0.5, 0.6) is 0 Å². The number of carbonyl (C=O) groups excluding carboxylic acids is 1. The fourth-order valence-corrected chi connectivity index (χ4v) is 2.88. The molecule has 0 unspecified atom stereocenters. The smallest absolute Gasteiger partial charge is 0.410 e. The second-order valence-corrected chi connectivity index (χ2v) is 5.53. The number of likely N-dealkylation sites (tertiary alicyclic amines) is 1. The zero-order valence-electron chi connectivity index (χ0n) is 12.5. The lowest BCUT2D eigenvalue weighted by atomic mass is 9.96. The number of pyridine rings is 1. The second-order valence-electron chi connectivity index (χ2n) is 5.53. The molecular weight excluding hydrogens is 276 g/mol. The summed E-state index contributed by atoms with van der Waals surface area (Å²) in [4.78, 5) is 18.3. The van der Waals surface area contributed by atoms with Crippen LogP contribution in [0.25, 0.3) is 0 Å². The first kappa shape index (κ1) is 14.6. The van der Waals surface area contributed by atoms with Crippen LogP contribution in [0.2, 0.25) is 0 Å². The predicted octanol–water partition coefficient (Wildman–Crippen LogP) is 3.95. The Morgan fingerprint density at radius 1 is 1.14 bits per heavy atom. The van der Waals surface area contributed by atoms with Crippen LogP contribution in [0.3, 0.4) is 0 Å². The Bertz CT molecular complexity index is 601. The van der Waals surface area contributed by atoms with E-state index in [1.54, 1.807) is 12.4 Å². The minimum absolute atomic E-state index is 0.0972. The number of hydrogen-bond donors (Lipinski definition) is 0. The van der Waals surface area contributed by atoms with Crippen molar-refractivity contribution in [3.63, 3.8) is 0 Å². The van der Waals surface area contributed by atoms with Crippen molar-refractivity contribution in [1.29, 1.82) is 0 Å². The summed E-state index contributed by atoms with van der Waals surface area (Å²) in [6, 6.07) is 13.8.